The van der Waals surface area contributed by atoms with Gasteiger partial charge in [-0.2, -0.15) is 0 Å². The Morgan fingerprint density at radius 2 is 2.08 bits per heavy atom. The fourth-order valence-corrected chi connectivity index (χ4v) is 1.43. The molecule has 2 N–H and O–H groups in total. The van der Waals surface area contributed by atoms with E-state index in [0.717, 1.165) is 31.9 Å². The lowest BCUT2D eigenvalue weighted by molar-refractivity contribution is 0.402. The molecule has 0 bridgehead atoms. The van der Waals surface area contributed by atoms with Crippen LogP contribution in [0.2, 0.25) is 0 Å². The molecule has 76 valence electrons. The molecule has 1 fully saturated rings. The third-order valence-corrected chi connectivity index (χ3v) is 2.24. The van der Waals surface area contributed by atoms with Gasteiger partial charge < -0.3 is 10.6 Å². The number of hydrogen-bond acceptors (Lipinski definition) is 1. The summed E-state index contributed by atoms with van der Waals surface area (Å²) >= 11 is 0. The molecule has 3 nitrogen and oxygen atoms in total. The molecule has 0 aromatic carbocycles. The molecule has 0 unspecified atom stereocenters. The van der Waals surface area contributed by atoms with Crippen molar-refractivity contribution in [3.8, 4) is 0 Å². The molecule has 0 saturated heterocycles. The first-order valence-corrected chi connectivity index (χ1v) is 5.36. The molecule has 1 aliphatic carbocycles. The summed E-state index contributed by atoms with van der Waals surface area (Å²) in [6.07, 6.45) is 4.81. The van der Waals surface area contributed by atoms with E-state index in [0.29, 0.717) is 6.04 Å². The molecule has 0 atom stereocenters. The molecule has 0 aromatic rings. The summed E-state index contributed by atoms with van der Waals surface area (Å²) in [5.74, 6) is 0.756. The van der Waals surface area contributed by atoms with Gasteiger partial charge in [-0.05, 0) is 25.7 Å². The second-order valence-electron chi connectivity index (χ2n) is 3.66. The Kier molecular flexibility index (Phi) is 4.06. The molecule has 0 radical (unpaired) electrons. The number of nitrogens with zero attached hydrogens (tertiary/aromatic N) is 2. The normalized spacial score (nSPS) is 17.5. The van der Waals surface area contributed by atoms with E-state index in [4.69, 9.17) is 5.73 Å². The zero-order chi connectivity index (χ0) is 9.68. The minimum Gasteiger partial charge on any atom is -0.370 e. The molecule has 1 rings (SSSR count). The average molecular weight is 183 g/mol. The number of hydrogen-bond donors (Lipinski definition) is 1. The summed E-state index contributed by atoms with van der Waals surface area (Å²) in [5.41, 5.74) is 5.91. The Morgan fingerprint density at radius 1 is 1.38 bits per heavy atom. The third-order valence-electron chi connectivity index (χ3n) is 2.24. The summed E-state index contributed by atoms with van der Waals surface area (Å²) in [6.45, 7) is 6.23. The lowest BCUT2D eigenvalue weighted by Crippen LogP contribution is -2.39. The van der Waals surface area contributed by atoms with Gasteiger partial charge in [0.2, 0.25) is 0 Å². The maximum atomic E-state index is 5.91. The van der Waals surface area contributed by atoms with Crippen LogP contribution in [0.25, 0.3) is 0 Å². The van der Waals surface area contributed by atoms with Crippen molar-refractivity contribution in [3.05, 3.63) is 0 Å². The summed E-state index contributed by atoms with van der Waals surface area (Å²) in [5, 5.41) is 0. The topological polar surface area (TPSA) is 41.6 Å². The molecule has 0 heterocycles. The first kappa shape index (κ1) is 10.4. The lowest BCUT2D eigenvalue weighted by Gasteiger charge is -2.22. The van der Waals surface area contributed by atoms with E-state index in [-0.39, 0.29) is 0 Å². The predicted molar refractivity (Wildman–Crippen MR) is 56.8 cm³/mol. The van der Waals surface area contributed by atoms with Crippen LogP contribution >= 0.6 is 0 Å². The molecular formula is C10H21N3. The summed E-state index contributed by atoms with van der Waals surface area (Å²) in [4.78, 5) is 6.60. The zero-order valence-electron chi connectivity index (χ0n) is 8.79. The van der Waals surface area contributed by atoms with Crippen LogP contribution in [-0.2, 0) is 0 Å². The Labute approximate surface area is 81.0 Å². The Bertz CT molecular complexity index is 173. The standard InChI is InChI=1S/C10H21N3/c1-3-7-12-10(11)13(8-4-2)9-5-6-9/h9H,3-8H2,1-2H3,(H2,11,12). The van der Waals surface area contributed by atoms with Crippen LogP contribution in [0.3, 0.4) is 0 Å². The van der Waals surface area contributed by atoms with Gasteiger partial charge in [0.1, 0.15) is 0 Å². The van der Waals surface area contributed by atoms with Gasteiger partial charge in [-0.1, -0.05) is 13.8 Å². The van der Waals surface area contributed by atoms with Crippen molar-refractivity contribution >= 4 is 5.96 Å². The van der Waals surface area contributed by atoms with Crippen LogP contribution in [0.15, 0.2) is 4.99 Å². The van der Waals surface area contributed by atoms with Gasteiger partial charge in [0.05, 0.1) is 0 Å². The summed E-state index contributed by atoms with van der Waals surface area (Å²) in [6, 6.07) is 0.695. The Balaban J connectivity index is 2.42. The summed E-state index contributed by atoms with van der Waals surface area (Å²) < 4.78 is 0. The van der Waals surface area contributed by atoms with Crippen molar-refractivity contribution in [2.45, 2.75) is 45.6 Å². The Morgan fingerprint density at radius 3 is 2.54 bits per heavy atom. The van der Waals surface area contributed by atoms with Crippen LogP contribution < -0.4 is 5.73 Å². The van der Waals surface area contributed by atoms with Crippen molar-refractivity contribution in [1.82, 2.24) is 4.90 Å². The Hall–Kier alpha value is -0.730. The van der Waals surface area contributed by atoms with Crippen molar-refractivity contribution in [1.29, 1.82) is 0 Å². The zero-order valence-corrected chi connectivity index (χ0v) is 8.79. The van der Waals surface area contributed by atoms with Crippen molar-refractivity contribution < 1.29 is 0 Å². The number of aliphatic imine (C=N–C) groups is 1. The quantitative estimate of drug-likeness (QED) is 0.519. The van der Waals surface area contributed by atoms with E-state index in [2.05, 4.69) is 23.7 Å². The maximum Gasteiger partial charge on any atom is 0.191 e. The molecule has 0 amide bonds. The van der Waals surface area contributed by atoms with Gasteiger partial charge in [-0.25, -0.2) is 0 Å². The summed E-state index contributed by atoms with van der Waals surface area (Å²) in [7, 11) is 0. The fraction of sp³-hybridized carbons (Fsp3) is 0.900. The van der Waals surface area contributed by atoms with E-state index in [1.165, 1.54) is 12.8 Å². The number of nitrogens with two attached hydrogens (primary N) is 1. The molecular weight excluding hydrogens is 162 g/mol. The van der Waals surface area contributed by atoms with Gasteiger partial charge in [0, 0.05) is 19.1 Å². The second-order valence-corrected chi connectivity index (χ2v) is 3.66. The molecule has 3 heteroatoms. The smallest absolute Gasteiger partial charge is 0.191 e. The van der Waals surface area contributed by atoms with E-state index in [1.54, 1.807) is 0 Å². The van der Waals surface area contributed by atoms with Gasteiger partial charge in [0.15, 0.2) is 5.96 Å². The number of guanidine groups is 1. The molecule has 0 spiro atoms. The lowest BCUT2D eigenvalue weighted by atomic mass is 10.4. The van der Waals surface area contributed by atoms with E-state index in [9.17, 15) is 0 Å². The molecule has 0 aromatic heterocycles. The highest BCUT2D eigenvalue weighted by atomic mass is 15.3. The highest BCUT2D eigenvalue weighted by molar-refractivity contribution is 5.78. The third kappa shape index (κ3) is 3.25. The monoisotopic (exact) mass is 183 g/mol. The average Bonchev–Trinajstić information content (AvgIpc) is 2.93. The van der Waals surface area contributed by atoms with Crippen LogP contribution in [0.1, 0.15) is 39.5 Å². The van der Waals surface area contributed by atoms with E-state index < -0.39 is 0 Å². The first-order valence-electron chi connectivity index (χ1n) is 5.36. The van der Waals surface area contributed by atoms with Crippen LogP contribution in [0, 0.1) is 0 Å². The van der Waals surface area contributed by atoms with Crippen molar-refractivity contribution in [2.75, 3.05) is 13.1 Å². The first-order chi connectivity index (χ1) is 6.29. The van der Waals surface area contributed by atoms with Crippen LogP contribution in [-0.4, -0.2) is 30.0 Å². The van der Waals surface area contributed by atoms with Crippen molar-refractivity contribution in [2.24, 2.45) is 10.7 Å². The minimum atomic E-state index is 0.695. The fourth-order valence-electron chi connectivity index (χ4n) is 1.43. The molecule has 1 aliphatic rings. The van der Waals surface area contributed by atoms with Gasteiger partial charge in [-0.3, -0.25) is 4.99 Å². The number of rotatable bonds is 5. The highest BCUT2D eigenvalue weighted by Crippen LogP contribution is 2.26. The minimum absolute atomic E-state index is 0.695. The van der Waals surface area contributed by atoms with Crippen LogP contribution in [0.5, 0.6) is 0 Å². The second kappa shape index (κ2) is 5.10. The predicted octanol–water partition coefficient (Wildman–Crippen LogP) is 1.59. The van der Waals surface area contributed by atoms with Crippen LogP contribution in [0.4, 0.5) is 0 Å². The molecule has 13 heavy (non-hydrogen) atoms. The molecule has 1 saturated carbocycles. The largest absolute Gasteiger partial charge is 0.370 e. The van der Waals surface area contributed by atoms with E-state index >= 15 is 0 Å². The van der Waals surface area contributed by atoms with Gasteiger partial charge in [0.25, 0.3) is 0 Å². The molecule has 0 aliphatic heterocycles. The maximum absolute atomic E-state index is 5.91. The van der Waals surface area contributed by atoms with Gasteiger partial charge in [-0.15, -0.1) is 0 Å². The SMILES string of the molecule is CCCN=C(N)N(CCC)C1CC1. The van der Waals surface area contributed by atoms with E-state index in [1.807, 2.05) is 0 Å². The van der Waals surface area contributed by atoms with Crippen molar-refractivity contribution in [3.63, 3.8) is 0 Å². The highest BCUT2D eigenvalue weighted by Gasteiger charge is 2.29. The van der Waals surface area contributed by atoms with Gasteiger partial charge >= 0.3 is 0 Å².